The van der Waals surface area contributed by atoms with Crippen LogP contribution in [0.25, 0.3) is 0 Å². The molecule has 0 spiro atoms. The number of ketones is 1. The number of nitro benzene ring substituents is 1. The van der Waals surface area contributed by atoms with Crippen LogP contribution in [0.15, 0.2) is 48.5 Å². The number of hydrogen-bond acceptors (Lipinski definition) is 6. The number of hydrogen-bond donors (Lipinski definition) is 1. The van der Waals surface area contributed by atoms with Gasteiger partial charge in [-0.1, -0.05) is 18.2 Å². The molecular weight excluding hydrogens is 288 g/mol. The predicted molar refractivity (Wildman–Crippen MR) is 78.6 cm³/mol. The first-order valence-electron chi connectivity index (χ1n) is 6.27. The molecule has 7 heteroatoms. The average molecular weight is 300 g/mol. The van der Waals surface area contributed by atoms with Crippen LogP contribution >= 0.6 is 0 Å². The Labute approximate surface area is 125 Å². The highest BCUT2D eigenvalue weighted by atomic mass is 16.6. The Balaban J connectivity index is 2.02. The van der Waals surface area contributed by atoms with E-state index in [1.54, 1.807) is 12.1 Å². The van der Waals surface area contributed by atoms with E-state index in [0.29, 0.717) is 5.69 Å². The zero-order chi connectivity index (χ0) is 16.1. The first-order valence-corrected chi connectivity index (χ1v) is 6.27. The number of anilines is 1. The number of nitro groups is 1. The number of nitrogens with two attached hydrogens (primary N) is 1. The number of ether oxygens (including phenoxy) is 1. The summed E-state index contributed by atoms with van der Waals surface area (Å²) in [5.74, 6) is -1.22. The third-order valence-corrected chi connectivity index (χ3v) is 2.84. The van der Waals surface area contributed by atoms with Gasteiger partial charge in [-0.2, -0.15) is 0 Å². The van der Waals surface area contributed by atoms with Gasteiger partial charge in [0.1, 0.15) is 0 Å². The van der Waals surface area contributed by atoms with E-state index in [1.807, 2.05) is 0 Å². The third-order valence-electron chi connectivity index (χ3n) is 2.84. The number of Topliss-reactive ketones (excluding diaryl/α,β-unsaturated/α-hetero) is 1. The Morgan fingerprint density at radius 3 is 2.45 bits per heavy atom. The van der Waals surface area contributed by atoms with Gasteiger partial charge in [0, 0.05) is 23.4 Å². The van der Waals surface area contributed by atoms with Gasteiger partial charge in [-0.15, -0.1) is 0 Å². The smallest absolute Gasteiger partial charge is 0.338 e. The molecule has 0 unspecified atom stereocenters. The van der Waals surface area contributed by atoms with Crippen molar-refractivity contribution in [2.75, 3.05) is 12.3 Å². The standard InChI is InChI=1S/C15H12N2O5/c16-12-5-1-4-11(7-12)15(19)22-9-14(18)10-3-2-6-13(8-10)17(20)21/h1-8H,9,16H2. The van der Waals surface area contributed by atoms with Crippen molar-refractivity contribution in [2.24, 2.45) is 0 Å². The second-order valence-electron chi connectivity index (χ2n) is 4.43. The summed E-state index contributed by atoms with van der Waals surface area (Å²) in [7, 11) is 0. The van der Waals surface area contributed by atoms with Crippen LogP contribution in [0.5, 0.6) is 0 Å². The minimum Gasteiger partial charge on any atom is -0.454 e. The molecule has 0 amide bonds. The van der Waals surface area contributed by atoms with E-state index in [-0.39, 0.29) is 16.8 Å². The van der Waals surface area contributed by atoms with Crippen LogP contribution in [0.3, 0.4) is 0 Å². The van der Waals surface area contributed by atoms with Gasteiger partial charge < -0.3 is 10.5 Å². The highest BCUT2D eigenvalue weighted by Crippen LogP contribution is 2.14. The fourth-order valence-electron chi connectivity index (χ4n) is 1.76. The molecule has 0 saturated carbocycles. The van der Waals surface area contributed by atoms with E-state index < -0.39 is 23.3 Å². The van der Waals surface area contributed by atoms with Crippen molar-refractivity contribution < 1.29 is 19.2 Å². The molecule has 2 aromatic rings. The number of carbonyl (C=O) groups is 2. The van der Waals surface area contributed by atoms with E-state index in [9.17, 15) is 19.7 Å². The lowest BCUT2D eigenvalue weighted by atomic mass is 10.1. The van der Waals surface area contributed by atoms with Crippen LogP contribution in [-0.2, 0) is 4.74 Å². The molecule has 0 atom stereocenters. The summed E-state index contributed by atoms with van der Waals surface area (Å²) in [6.45, 7) is -0.505. The molecule has 112 valence electrons. The highest BCUT2D eigenvalue weighted by molar-refractivity contribution is 5.99. The number of rotatable bonds is 5. The van der Waals surface area contributed by atoms with Gasteiger partial charge >= 0.3 is 5.97 Å². The second kappa shape index (κ2) is 6.49. The molecule has 2 aromatic carbocycles. The molecule has 0 heterocycles. The van der Waals surface area contributed by atoms with Crippen molar-refractivity contribution in [3.05, 3.63) is 69.8 Å². The van der Waals surface area contributed by atoms with Crippen LogP contribution in [-0.4, -0.2) is 23.3 Å². The summed E-state index contributed by atoms with van der Waals surface area (Å²) in [6, 6.07) is 11.4. The van der Waals surface area contributed by atoms with Crippen molar-refractivity contribution >= 4 is 23.1 Å². The molecule has 0 bridgehead atoms. The lowest BCUT2D eigenvalue weighted by Crippen LogP contribution is -2.14. The molecule has 7 nitrogen and oxygen atoms in total. The predicted octanol–water partition coefficient (Wildman–Crippen LogP) is 2.22. The fraction of sp³-hybridized carbons (Fsp3) is 0.0667. The van der Waals surface area contributed by atoms with E-state index in [2.05, 4.69) is 0 Å². The van der Waals surface area contributed by atoms with Crippen LogP contribution in [0.1, 0.15) is 20.7 Å². The SMILES string of the molecule is Nc1cccc(C(=O)OCC(=O)c2cccc([N+](=O)[O-])c2)c1. The van der Waals surface area contributed by atoms with Gasteiger partial charge in [-0.3, -0.25) is 14.9 Å². The molecule has 0 aliphatic heterocycles. The molecule has 0 saturated heterocycles. The monoisotopic (exact) mass is 300 g/mol. The van der Waals surface area contributed by atoms with Gasteiger partial charge in [-0.25, -0.2) is 4.79 Å². The Kier molecular flexibility index (Phi) is 4.47. The minimum atomic E-state index is -0.689. The van der Waals surface area contributed by atoms with E-state index in [0.717, 1.165) is 6.07 Å². The van der Waals surface area contributed by atoms with Crippen molar-refractivity contribution in [1.29, 1.82) is 0 Å². The Morgan fingerprint density at radius 1 is 1.09 bits per heavy atom. The van der Waals surface area contributed by atoms with Gasteiger partial charge in [0.05, 0.1) is 10.5 Å². The van der Waals surface area contributed by atoms with Crippen LogP contribution < -0.4 is 5.73 Å². The quantitative estimate of drug-likeness (QED) is 0.298. The van der Waals surface area contributed by atoms with E-state index in [1.165, 1.54) is 30.3 Å². The third kappa shape index (κ3) is 3.66. The topological polar surface area (TPSA) is 113 Å². The number of carbonyl (C=O) groups excluding carboxylic acids is 2. The van der Waals surface area contributed by atoms with Gasteiger partial charge in [0.2, 0.25) is 5.78 Å². The van der Waals surface area contributed by atoms with Crippen LogP contribution in [0.4, 0.5) is 11.4 Å². The summed E-state index contributed by atoms with van der Waals surface area (Å²) >= 11 is 0. The number of benzene rings is 2. The zero-order valence-electron chi connectivity index (χ0n) is 11.4. The Hall–Kier alpha value is -3.22. The van der Waals surface area contributed by atoms with E-state index >= 15 is 0 Å². The Bertz CT molecular complexity index is 742. The summed E-state index contributed by atoms with van der Waals surface area (Å²) in [6.07, 6.45) is 0. The first-order chi connectivity index (χ1) is 10.5. The largest absolute Gasteiger partial charge is 0.454 e. The maximum atomic E-state index is 11.9. The number of esters is 1. The summed E-state index contributed by atoms with van der Waals surface area (Å²) < 4.78 is 4.89. The maximum absolute atomic E-state index is 11.9. The van der Waals surface area contributed by atoms with Crippen molar-refractivity contribution in [3.8, 4) is 0 Å². The number of non-ortho nitro benzene ring substituents is 1. The molecule has 0 aliphatic carbocycles. The average Bonchev–Trinajstić information content (AvgIpc) is 2.52. The second-order valence-corrected chi connectivity index (χ2v) is 4.43. The van der Waals surface area contributed by atoms with Crippen molar-refractivity contribution in [2.45, 2.75) is 0 Å². The summed E-state index contributed by atoms with van der Waals surface area (Å²) in [5, 5.41) is 10.7. The molecule has 0 fully saturated rings. The van der Waals surface area contributed by atoms with Crippen LogP contribution in [0, 0.1) is 10.1 Å². The molecule has 0 aromatic heterocycles. The zero-order valence-corrected chi connectivity index (χ0v) is 11.4. The van der Waals surface area contributed by atoms with Gasteiger partial charge in [-0.05, 0) is 18.2 Å². The molecule has 22 heavy (non-hydrogen) atoms. The maximum Gasteiger partial charge on any atom is 0.338 e. The lowest BCUT2D eigenvalue weighted by Gasteiger charge is -2.05. The Morgan fingerprint density at radius 2 is 1.77 bits per heavy atom. The fourth-order valence-corrected chi connectivity index (χ4v) is 1.76. The number of nitrogens with zero attached hydrogens (tertiary/aromatic N) is 1. The van der Waals surface area contributed by atoms with E-state index in [4.69, 9.17) is 10.5 Å². The first kappa shape index (κ1) is 15.2. The molecule has 0 aliphatic rings. The van der Waals surface area contributed by atoms with Crippen LogP contribution in [0.2, 0.25) is 0 Å². The lowest BCUT2D eigenvalue weighted by molar-refractivity contribution is -0.384. The summed E-state index contributed by atoms with van der Waals surface area (Å²) in [4.78, 5) is 33.7. The summed E-state index contributed by atoms with van der Waals surface area (Å²) in [5.41, 5.74) is 6.09. The molecular formula is C15H12N2O5. The molecule has 0 radical (unpaired) electrons. The molecule has 2 N–H and O–H groups in total. The highest BCUT2D eigenvalue weighted by Gasteiger charge is 2.14. The van der Waals surface area contributed by atoms with Crippen molar-refractivity contribution in [1.82, 2.24) is 0 Å². The minimum absolute atomic E-state index is 0.106. The molecule has 2 rings (SSSR count). The van der Waals surface area contributed by atoms with Gasteiger partial charge in [0.15, 0.2) is 6.61 Å². The van der Waals surface area contributed by atoms with Crippen molar-refractivity contribution in [3.63, 3.8) is 0 Å². The van der Waals surface area contributed by atoms with Gasteiger partial charge in [0.25, 0.3) is 5.69 Å². The normalized spacial score (nSPS) is 10.0. The number of nitrogen functional groups attached to an aromatic ring is 1.